The Balaban J connectivity index is 1.50. The quantitative estimate of drug-likeness (QED) is 0.558. The lowest BCUT2D eigenvalue weighted by Gasteiger charge is -2.67. The Kier molecular flexibility index (Phi) is 4.92. The lowest BCUT2D eigenvalue weighted by Crippen LogP contribution is -2.72. The van der Waals surface area contributed by atoms with Gasteiger partial charge in [0, 0.05) is 28.4 Å². The number of aromatic amines is 1. The first-order valence-electron chi connectivity index (χ1n) is 13.2. The molecule has 3 N–H and O–H groups in total. The average molecular weight is 482 g/mol. The van der Waals surface area contributed by atoms with Crippen LogP contribution in [0, 0.1) is 22.7 Å². The normalized spacial score (nSPS) is 42.7. The second-order valence-electron chi connectivity index (χ2n) is 12.7. The van der Waals surface area contributed by atoms with Gasteiger partial charge in [0.15, 0.2) is 0 Å². The Hall–Kier alpha value is -1.89. The minimum absolute atomic E-state index is 0.0856. The SMILES string of the molecule is COC(=O)C12C(O)C[C@@H](C(C)(C)O)OC1CC[C@@]1(C)C2CCC2Cc3c([nH]c4ccccc34)[C@@]21C. The highest BCUT2D eigenvalue weighted by Crippen LogP contribution is 2.71. The average Bonchev–Trinajstić information content (AvgIpc) is 3.32. The van der Waals surface area contributed by atoms with Gasteiger partial charge < -0.3 is 24.7 Å². The lowest BCUT2D eigenvalue weighted by molar-refractivity contribution is -0.284. The van der Waals surface area contributed by atoms with E-state index in [1.165, 1.54) is 29.3 Å². The van der Waals surface area contributed by atoms with E-state index in [4.69, 9.17) is 9.47 Å². The third kappa shape index (κ3) is 2.74. The number of hydrogen-bond donors (Lipinski definition) is 3. The van der Waals surface area contributed by atoms with Crippen LogP contribution in [0.15, 0.2) is 24.3 Å². The number of H-pyrrole nitrogens is 1. The zero-order chi connectivity index (χ0) is 25.0. The van der Waals surface area contributed by atoms with Gasteiger partial charge in [0.2, 0.25) is 0 Å². The number of carbonyl (C=O) groups excluding carboxylic acids is 1. The maximum absolute atomic E-state index is 13.7. The highest BCUT2D eigenvalue weighted by atomic mass is 16.5. The van der Waals surface area contributed by atoms with Crippen LogP contribution in [-0.4, -0.2) is 52.2 Å². The predicted octanol–water partition coefficient (Wildman–Crippen LogP) is 4.26. The van der Waals surface area contributed by atoms with Crippen LogP contribution in [0.3, 0.4) is 0 Å². The summed E-state index contributed by atoms with van der Waals surface area (Å²) in [5.74, 6) is 0.0428. The van der Waals surface area contributed by atoms with Crippen molar-refractivity contribution in [3.05, 3.63) is 35.5 Å². The van der Waals surface area contributed by atoms with Gasteiger partial charge in [-0.2, -0.15) is 0 Å². The van der Waals surface area contributed by atoms with Gasteiger partial charge in [-0.15, -0.1) is 0 Å². The number of methoxy groups -OCH3 is 1. The smallest absolute Gasteiger partial charge is 0.317 e. The summed E-state index contributed by atoms with van der Waals surface area (Å²) in [5, 5.41) is 23.8. The van der Waals surface area contributed by atoms with Crippen LogP contribution in [0.2, 0.25) is 0 Å². The molecule has 1 aliphatic heterocycles. The van der Waals surface area contributed by atoms with Crippen molar-refractivity contribution in [2.45, 2.75) is 95.5 Å². The molecule has 0 bridgehead atoms. The van der Waals surface area contributed by atoms with E-state index in [9.17, 15) is 15.0 Å². The number of hydrogen-bond acceptors (Lipinski definition) is 5. The number of esters is 1. The zero-order valence-electron chi connectivity index (χ0n) is 21.6. The highest BCUT2D eigenvalue weighted by Gasteiger charge is 2.73. The maximum Gasteiger partial charge on any atom is 0.317 e. The van der Waals surface area contributed by atoms with Crippen molar-refractivity contribution in [1.82, 2.24) is 4.98 Å². The number of ether oxygens (including phenoxy) is 2. The summed E-state index contributed by atoms with van der Waals surface area (Å²) in [7, 11) is 1.42. The number of para-hydroxylation sites is 1. The Labute approximate surface area is 207 Å². The maximum atomic E-state index is 13.7. The van der Waals surface area contributed by atoms with Crippen molar-refractivity contribution in [1.29, 1.82) is 0 Å². The van der Waals surface area contributed by atoms with Crippen molar-refractivity contribution in [3.8, 4) is 0 Å². The Bertz CT molecular complexity index is 1180. The molecule has 0 radical (unpaired) electrons. The van der Waals surface area contributed by atoms with Crippen LogP contribution < -0.4 is 0 Å². The minimum atomic E-state index is -1.13. The molecule has 2 saturated carbocycles. The summed E-state index contributed by atoms with van der Waals surface area (Å²) in [4.78, 5) is 17.5. The summed E-state index contributed by atoms with van der Waals surface area (Å²) in [5.41, 5.74) is 1.31. The first kappa shape index (κ1) is 23.5. The second kappa shape index (κ2) is 7.33. The van der Waals surface area contributed by atoms with E-state index in [0.717, 1.165) is 25.7 Å². The molecule has 1 saturated heterocycles. The van der Waals surface area contributed by atoms with E-state index in [1.54, 1.807) is 13.8 Å². The predicted molar refractivity (Wildman–Crippen MR) is 133 cm³/mol. The molecule has 2 heterocycles. The molecule has 0 spiro atoms. The molecule has 190 valence electrons. The molecule has 6 heteroatoms. The van der Waals surface area contributed by atoms with Gasteiger partial charge in [0.05, 0.1) is 31.0 Å². The molecule has 8 atom stereocenters. The van der Waals surface area contributed by atoms with Crippen LogP contribution in [-0.2, 0) is 26.1 Å². The number of rotatable bonds is 2. The molecule has 6 rings (SSSR count). The number of aliphatic hydroxyl groups is 2. The van der Waals surface area contributed by atoms with Crippen molar-refractivity contribution in [2.24, 2.45) is 22.7 Å². The molecule has 6 nitrogen and oxygen atoms in total. The fourth-order valence-electron chi connectivity index (χ4n) is 9.12. The largest absolute Gasteiger partial charge is 0.468 e. The fourth-order valence-corrected chi connectivity index (χ4v) is 9.12. The van der Waals surface area contributed by atoms with E-state index in [1.807, 2.05) is 0 Å². The first-order valence-corrected chi connectivity index (χ1v) is 13.2. The second-order valence-corrected chi connectivity index (χ2v) is 12.7. The number of aliphatic hydroxyl groups excluding tert-OH is 1. The van der Waals surface area contributed by atoms with Gasteiger partial charge >= 0.3 is 5.97 Å². The Morgan fingerprint density at radius 1 is 1.20 bits per heavy atom. The zero-order valence-corrected chi connectivity index (χ0v) is 21.6. The Morgan fingerprint density at radius 3 is 2.66 bits per heavy atom. The standard InChI is InChI=1S/C29H39NO5/c1-26(2,33)23-15-21(31)29(25(32)34-5)20-11-10-16-14-18-17-8-6-7-9-19(17)30-24(18)28(16,4)27(20,3)13-12-22(29)35-23/h6-9,16,20-23,30-31,33H,10-15H2,1-5H3/t16?,20?,21?,22?,23-,27-,28+,29?/m0/s1. The third-order valence-corrected chi connectivity index (χ3v) is 11.0. The molecule has 2 aromatic rings. The van der Waals surface area contributed by atoms with Crippen LogP contribution in [0.25, 0.3) is 10.9 Å². The number of benzene rings is 1. The van der Waals surface area contributed by atoms with E-state index < -0.39 is 29.3 Å². The summed E-state index contributed by atoms with van der Waals surface area (Å²) in [6.45, 7) is 8.17. The molecular formula is C29H39NO5. The third-order valence-electron chi connectivity index (χ3n) is 11.0. The van der Waals surface area contributed by atoms with Gasteiger partial charge in [0.1, 0.15) is 5.41 Å². The molecule has 35 heavy (non-hydrogen) atoms. The van der Waals surface area contributed by atoms with Crippen LogP contribution in [0.4, 0.5) is 0 Å². The summed E-state index contributed by atoms with van der Waals surface area (Å²) >= 11 is 0. The topological polar surface area (TPSA) is 91.8 Å². The van der Waals surface area contributed by atoms with Crippen molar-refractivity contribution in [2.75, 3.05) is 7.11 Å². The van der Waals surface area contributed by atoms with Crippen LogP contribution in [0.5, 0.6) is 0 Å². The number of aromatic nitrogens is 1. The minimum Gasteiger partial charge on any atom is -0.468 e. The molecule has 4 aliphatic rings. The van der Waals surface area contributed by atoms with Gasteiger partial charge in [0.25, 0.3) is 0 Å². The van der Waals surface area contributed by atoms with E-state index in [0.29, 0.717) is 12.3 Å². The molecule has 3 fully saturated rings. The highest BCUT2D eigenvalue weighted by molar-refractivity contribution is 5.86. The van der Waals surface area contributed by atoms with Crippen molar-refractivity contribution < 1.29 is 24.5 Å². The van der Waals surface area contributed by atoms with Crippen LogP contribution >= 0.6 is 0 Å². The Morgan fingerprint density at radius 2 is 1.94 bits per heavy atom. The summed E-state index contributed by atoms with van der Waals surface area (Å²) in [6.07, 6.45) is 2.75. The molecule has 5 unspecified atom stereocenters. The van der Waals surface area contributed by atoms with E-state index >= 15 is 0 Å². The molecular weight excluding hydrogens is 442 g/mol. The lowest BCUT2D eigenvalue weighted by atomic mass is 9.39. The van der Waals surface area contributed by atoms with E-state index in [2.05, 4.69) is 43.1 Å². The molecule has 1 aromatic heterocycles. The summed E-state index contributed by atoms with van der Waals surface area (Å²) < 4.78 is 11.9. The number of carbonyl (C=O) groups is 1. The van der Waals surface area contributed by atoms with Gasteiger partial charge in [-0.05, 0) is 74.8 Å². The van der Waals surface area contributed by atoms with E-state index in [-0.39, 0.29) is 29.1 Å². The summed E-state index contributed by atoms with van der Waals surface area (Å²) in [6, 6.07) is 8.55. The fraction of sp³-hybridized carbons (Fsp3) is 0.690. The van der Waals surface area contributed by atoms with Crippen molar-refractivity contribution in [3.63, 3.8) is 0 Å². The number of fused-ring (bicyclic) bond motifs is 9. The van der Waals surface area contributed by atoms with Gasteiger partial charge in [-0.3, -0.25) is 4.79 Å². The van der Waals surface area contributed by atoms with Gasteiger partial charge in [-0.25, -0.2) is 0 Å². The number of nitrogens with one attached hydrogen (secondary N) is 1. The molecule has 3 aliphatic carbocycles. The molecule has 0 amide bonds. The monoisotopic (exact) mass is 481 g/mol. The van der Waals surface area contributed by atoms with Gasteiger partial charge in [-0.1, -0.05) is 32.0 Å². The first-order chi connectivity index (χ1) is 16.5. The van der Waals surface area contributed by atoms with Crippen molar-refractivity contribution >= 4 is 16.9 Å². The van der Waals surface area contributed by atoms with Crippen LogP contribution in [0.1, 0.15) is 71.1 Å². The molecule has 1 aromatic carbocycles.